The lowest BCUT2D eigenvalue weighted by atomic mass is 9.88. The molecule has 2 fully saturated rings. The predicted octanol–water partition coefficient (Wildman–Crippen LogP) is 2.11. The average molecular weight is 501 g/mol. The largest absolute Gasteiger partial charge is 0.487 e. The minimum atomic E-state index is -1.79. The van der Waals surface area contributed by atoms with Gasteiger partial charge in [-0.2, -0.15) is 4.33 Å². The Hall–Kier alpha value is -1.25. The standard InChI is InChI=1S/C23H32O10S/c1-6-22(4)16(13-7-9-14(10-8-13)34-33-27-5)20(28-12(2)3)23(32-22)30-19-18(26)17(25)15(11-24)29-21(19)31-23/h7-10,12,15,17-19,21,24-26H,6,11H2,1-5H3/t15?,17?,18?,19?,21?,22-,23?/m0/s1. The van der Waals surface area contributed by atoms with E-state index in [1.165, 1.54) is 7.11 Å². The zero-order valence-corrected chi connectivity index (χ0v) is 20.6. The van der Waals surface area contributed by atoms with Crippen molar-refractivity contribution >= 4 is 17.6 Å². The van der Waals surface area contributed by atoms with Crippen LogP contribution in [0.5, 0.6) is 0 Å². The quantitative estimate of drug-likeness (QED) is 0.276. The molecule has 10 nitrogen and oxygen atoms in total. The van der Waals surface area contributed by atoms with Gasteiger partial charge in [0, 0.05) is 10.5 Å². The van der Waals surface area contributed by atoms with Crippen LogP contribution in [0.15, 0.2) is 34.9 Å². The van der Waals surface area contributed by atoms with Crippen LogP contribution in [0.2, 0.25) is 0 Å². The molecule has 0 saturated carbocycles. The first-order valence-corrected chi connectivity index (χ1v) is 12.0. The summed E-state index contributed by atoms with van der Waals surface area (Å²) in [6, 6.07) is 7.59. The van der Waals surface area contributed by atoms with Crippen LogP contribution < -0.4 is 0 Å². The molecule has 11 heteroatoms. The van der Waals surface area contributed by atoms with E-state index in [1.807, 2.05) is 52.0 Å². The van der Waals surface area contributed by atoms with Crippen molar-refractivity contribution in [3.63, 3.8) is 0 Å². The average Bonchev–Trinajstić information content (AvgIpc) is 3.29. The first kappa shape index (κ1) is 25.8. The second-order valence-corrected chi connectivity index (χ2v) is 9.64. The third-order valence-electron chi connectivity index (χ3n) is 6.15. The van der Waals surface area contributed by atoms with Crippen molar-refractivity contribution in [2.75, 3.05) is 13.7 Å². The van der Waals surface area contributed by atoms with E-state index in [2.05, 4.69) is 4.89 Å². The van der Waals surface area contributed by atoms with Gasteiger partial charge in [0.05, 0.1) is 31.9 Å². The summed E-state index contributed by atoms with van der Waals surface area (Å²) in [5.74, 6) is -1.47. The number of fused-ring (bicyclic) bond motifs is 1. The van der Waals surface area contributed by atoms with E-state index < -0.39 is 48.9 Å². The van der Waals surface area contributed by atoms with Crippen molar-refractivity contribution in [2.24, 2.45) is 0 Å². The maximum Gasteiger partial charge on any atom is 0.349 e. The van der Waals surface area contributed by atoms with Gasteiger partial charge < -0.3 is 34.3 Å². The molecule has 4 rings (SSSR count). The van der Waals surface area contributed by atoms with E-state index in [0.717, 1.165) is 28.1 Å². The molecule has 3 heterocycles. The molecule has 0 bridgehead atoms. The van der Waals surface area contributed by atoms with Gasteiger partial charge in [-0.15, -0.1) is 0 Å². The number of aliphatic hydroxyl groups is 3. The Labute approximate surface area is 202 Å². The summed E-state index contributed by atoms with van der Waals surface area (Å²) >= 11 is 1.09. The van der Waals surface area contributed by atoms with Crippen LogP contribution in [0.3, 0.4) is 0 Å². The Morgan fingerprint density at radius 3 is 2.41 bits per heavy atom. The third kappa shape index (κ3) is 4.50. The van der Waals surface area contributed by atoms with E-state index >= 15 is 0 Å². The summed E-state index contributed by atoms with van der Waals surface area (Å²) in [7, 11) is 1.44. The van der Waals surface area contributed by atoms with Gasteiger partial charge in [-0.3, -0.25) is 4.74 Å². The number of rotatable bonds is 8. The Morgan fingerprint density at radius 1 is 1.12 bits per heavy atom. The molecule has 3 aliphatic heterocycles. The van der Waals surface area contributed by atoms with Gasteiger partial charge in [0.25, 0.3) is 0 Å². The lowest BCUT2D eigenvalue weighted by molar-refractivity contribution is -0.358. The molecule has 1 spiro atoms. The van der Waals surface area contributed by atoms with Crippen LogP contribution in [0.25, 0.3) is 5.57 Å². The monoisotopic (exact) mass is 500 g/mol. The van der Waals surface area contributed by atoms with E-state index in [1.54, 1.807) is 0 Å². The molecule has 34 heavy (non-hydrogen) atoms. The molecule has 6 unspecified atom stereocenters. The fraction of sp³-hybridized carbons (Fsp3) is 0.652. The molecule has 3 N–H and O–H groups in total. The third-order valence-corrected chi connectivity index (χ3v) is 6.82. The highest BCUT2D eigenvalue weighted by Crippen LogP contribution is 2.55. The van der Waals surface area contributed by atoms with Gasteiger partial charge in [-0.25, -0.2) is 4.89 Å². The minimum Gasteiger partial charge on any atom is -0.487 e. The first-order valence-electron chi connectivity index (χ1n) is 11.3. The van der Waals surface area contributed by atoms with Gasteiger partial charge in [0.15, 0.2) is 12.0 Å². The molecular weight excluding hydrogens is 468 g/mol. The summed E-state index contributed by atoms with van der Waals surface area (Å²) in [6.07, 6.45) is -5.53. The summed E-state index contributed by atoms with van der Waals surface area (Å²) in [5, 5.41) is 30.5. The molecule has 0 aliphatic carbocycles. The lowest BCUT2D eigenvalue weighted by Crippen LogP contribution is -2.57. The number of benzene rings is 1. The van der Waals surface area contributed by atoms with Crippen molar-refractivity contribution in [3.8, 4) is 0 Å². The second-order valence-electron chi connectivity index (χ2n) is 8.86. The van der Waals surface area contributed by atoms with E-state index in [9.17, 15) is 15.3 Å². The number of aliphatic hydroxyl groups excluding tert-OH is 3. The lowest BCUT2D eigenvalue weighted by Gasteiger charge is -2.36. The van der Waals surface area contributed by atoms with Crippen molar-refractivity contribution < 1.29 is 48.2 Å². The topological polar surface area (TPSA) is 125 Å². The second kappa shape index (κ2) is 10.0. The van der Waals surface area contributed by atoms with Crippen molar-refractivity contribution in [1.82, 2.24) is 0 Å². The molecule has 0 radical (unpaired) electrons. The smallest absolute Gasteiger partial charge is 0.349 e. The molecule has 0 aromatic heterocycles. The van der Waals surface area contributed by atoms with Gasteiger partial charge >= 0.3 is 5.97 Å². The highest BCUT2D eigenvalue weighted by Gasteiger charge is 2.66. The maximum atomic E-state index is 10.6. The van der Waals surface area contributed by atoms with Gasteiger partial charge in [-0.1, -0.05) is 19.1 Å². The minimum absolute atomic E-state index is 0.244. The van der Waals surface area contributed by atoms with Crippen molar-refractivity contribution in [1.29, 1.82) is 0 Å². The zero-order chi connectivity index (χ0) is 24.7. The van der Waals surface area contributed by atoms with Crippen LogP contribution in [-0.4, -0.2) is 77.4 Å². The Bertz CT molecular complexity index is 892. The Balaban J connectivity index is 1.76. The molecule has 0 amide bonds. The van der Waals surface area contributed by atoms with Crippen LogP contribution >= 0.6 is 12.0 Å². The predicted molar refractivity (Wildman–Crippen MR) is 120 cm³/mol. The molecule has 3 aliphatic rings. The highest BCUT2D eigenvalue weighted by atomic mass is 32.2. The first-order chi connectivity index (χ1) is 16.2. The molecular formula is C23H32O10S. The van der Waals surface area contributed by atoms with Crippen LogP contribution in [0.1, 0.15) is 39.7 Å². The van der Waals surface area contributed by atoms with Crippen LogP contribution in [-0.2, 0) is 32.9 Å². The van der Waals surface area contributed by atoms with Gasteiger partial charge in [-0.05, 0) is 44.9 Å². The SMILES string of the molecule is CC[C@]1(C)OC2(OC3OC(CO)C(O)C(O)C3O2)C(OC(C)C)=C1c1ccc(SOOC)cc1. The highest BCUT2D eigenvalue weighted by molar-refractivity contribution is 7.94. The zero-order valence-electron chi connectivity index (χ0n) is 19.8. The summed E-state index contributed by atoms with van der Waals surface area (Å²) in [4.78, 5) is 5.48. The summed E-state index contributed by atoms with van der Waals surface area (Å²) in [6.45, 7) is 7.15. The normalized spacial score (nSPS) is 37.6. The van der Waals surface area contributed by atoms with Gasteiger partial charge in [0.1, 0.15) is 30.0 Å². The number of hydrogen-bond donors (Lipinski definition) is 3. The Morgan fingerprint density at radius 2 is 1.82 bits per heavy atom. The van der Waals surface area contributed by atoms with Crippen LogP contribution in [0.4, 0.5) is 0 Å². The summed E-state index contributed by atoms with van der Waals surface area (Å²) in [5.41, 5.74) is 0.700. The molecule has 190 valence electrons. The van der Waals surface area contributed by atoms with E-state index in [-0.39, 0.29) is 6.10 Å². The molecule has 1 aromatic carbocycles. The van der Waals surface area contributed by atoms with E-state index in [0.29, 0.717) is 12.2 Å². The molecule has 7 atom stereocenters. The number of hydrogen-bond acceptors (Lipinski definition) is 11. The summed E-state index contributed by atoms with van der Waals surface area (Å²) < 4.78 is 35.6. The maximum absolute atomic E-state index is 10.6. The molecule has 1 aromatic rings. The Kier molecular flexibility index (Phi) is 7.61. The van der Waals surface area contributed by atoms with E-state index in [4.69, 9.17) is 28.0 Å². The van der Waals surface area contributed by atoms with Crippen molar-refractivity contribution in [3.05, 3.63) is 35.6 Å². The molecule has 2 saturated heterocycles. The fourth-order valence-corrected chi connectivity index (χ4v) is 4.78. The van der Waals surface area contributed by atoms with Crippen LogP contribution in [0, 0.1) is 0 Å². The fourth-order valence-electron chi connectivity index (χ4n) is 4.38. The number of ether oxygens (including phenoxy) is 5. The van der Waals surface area contributed by atoms with Crippen molar-refractivity contribution in [2.45, 2.75) is 87.4 Å². The van der Waals surface area contributed by atoms with Gasteiger partial charge in [0.2, 0.25) is 0 Å².